The highest BCUT2D eigenvalue weighted by Crippen LogP contribution is 2.39. The predicted molar refractivity (Wildman–Crippen MR) is 147 cm³/mol. The second kappa shape index (κ2) is 11.7. The van der Waals surface area contributed by atoms with Crippen LogP contribution < -0.4 is 20.9 Å². The third kappa shape index (κ3) is 5.73. The number of amides is 4. The van der Waals surface area contributed by atoms with Crippen LogP contribution in [0.4, 0.5) is 5.69 Å². The van der Waals surface area contributed by atoms with Crippen molar-refractivity contribution in [1.82, 2.24) is 31.4 Å². The van der Waals surface area contributed by atoms with E-state index in [0.29, 0.717) is 25.0 Å². The Morgan fingerprint density at radius 1 is 1.07 bits per heavy atom. The molecule has 0 spiro atoms. The van der Waals surface area contributed by atoms with E-state index >= 15 is 0 Å². The van der Waals surface area contributed by atoms with Crippen LogP contribution in [-0.2, 0) is 45.0 Å². The van der Waals surface area contributed by atoms with Crippen molar-refractivity contribution in [2.24, 2.45) is 5.92 Å². The molecule has 4 N–H and O–H groups in total. The monoisotopic (exact) mass is 543 g/mol. The first kappa shape index (κ1) is 27.0. The summed E-state index contributed by atoms with van der Waals surface area (Å²) in [6.07, 6.45) is 3.00. The fourth-order valence-electron chi connectivity index (χ4n) is 5.38. The Hall–Kier alpha value is -4.54. The third-order valence-electron chi connectivity index (χ3n) is 7.41. The van der Waals surface area contributed by atoms with Gasteiger partial charge in [-0.25, -0.2) is 0 Å². The van der Waals surface area contributed by atoms with Crippen molar-refractivity contribution in [2.45, 2.75) is 64.2 Å². The molecule has 11 heteroatoms. The van der Waals surface area contributed by atoms with Crippen molar-refractivity contribution in [3.05, 3.63) is 77.1 Å². The number of aromatic amines is 1. The van der Waals surface area contributed by atoms with Gasteiger partial charge in [0.1, 0.15) is 23.8 Å². The minimum atomic E-state index is -0.844. The maximum atomic E-state index is 13.9. The summed E-state index contributed by atoms with van der Waals surface area (Å²) in [5, 5.41) is 18.8. The molecule has 0 bridgehead atoms. The minimum absolute atomic E-state index is 0.149. The zero-order valence-corrected chi connectivity index (χ0v) is 22.5. The Kier molecular flexibility index (Phi) is 7.90. The van der Waals surface area contributed by atoms with Gasteiger partial charge in [0.05, 0.1) is 24.8 Å². The highest BCUT2D eigenvalue weighted by Gasteiger charge is 2.44. The first-order valence-electron chi connectivity index (χ1n) is 13.5. The first-order valence-corrected chi connectivity index (χ1v) is 13.5. The van der Waals surface area contributed by atoms with Gasteiger partial charge in [-0.15, -0.1) is 0 Å². The lowest BCUT2D eigenvalue weighted by atomic mass is 9.99. The number of carbonyl (C=O) groups is 4. The van der Waals surface area contributed by atoms with Gasteiger partial charge in [-0.3, -0.25) is 24.1 Å². The molecule has 2 aromatic carbocycles. The van der Waals surface area contributed by atoms with Crippen molar-refractivity contribution in [2.75, 3.05) is 4.90 Å². The number of anilines is 1. The molecule has 2 aliphatic heterocycles. The number of H-pyrrole nitrogens is 1. The maximum absolute atomic E-state index is 13.9. The molecule has 4 amide bonds. The number of aromatic nitrogens is 3. The van der Waals surface area contributed by atoms with Crippen LogP contribution in [0.5, 0.6) is 0 Å². The van der Waals surface area contributed by atoms with Crippen LogP contribution in [0.3, 0.4) is 0 Å². The Labute approximate surface area is 232 Å². The molecule has 3 aromatic rings. The van der Waals surface area contributed by atoms with Gasteiger partial charge in [0, 0.05) is 6.42 Å². The number of aryl methyl sites for hydroxylation is 1. The summed E-state index contributed by atoms with van der Waals surface area (Å²) in [4.78, 5) is 54.9. The molecule has 11 nitrogen and oxygen atoms in total. The van der Waals surface area contributed by atoms with Gasteiger partial charge in [-0.05, 0) is 35.4 Å². The summed E-state index contributed by atoms with van der Waals surface area (Å²) < 4.78 is 0. The first-order chi connectivity index (χ1) is 19.3. The molecule has 40 heavy (non-hydrogen) atoms. The van der Waals surface area contributed by atoms with Gasteiger partial charge in [0.25, 0.3) is 0 Å². The molecule has 0 saturated heterocycles. The lowest BCUT2D eigenvalue weighted by molar-refractivity contribution is -0.132. The van der Waals surface area contributed by atoms with Crippen molar-refractivity contribution in [1.29, 1.82) is 0 Å². The largest absolute Gasteiger partial charge is 0.348 e. The van der Waals surface area contributed by atoms with Gasteiger partial charge in [0.15, 0.2) is 0 Å². The van der Waals surface area contributed by atoms with Crippen molar-refractivity contribution in [3.63, 3.8) is 0 Å². The molecule has 2 aliphatic rings. The van der Waals surface area contributed by atoms with E-state index in [2.05, 4.69) is 31.4 Å². The minimum Gasteiger partial charge on any atom is -0.348 e. The Bertz CT molecular complexity index is 1390. The standard InChI is InChI=1S/C29H33N7O4/c1-17(2)25(33-24(37)13-18-7-4-3-5-8-18)28(39)32-22-12-11-19-9-6-10-20-14-23(36(26(19)20)29(22)40)27(38)30-15-21-16-31-35-34-21/h3-10,16-17,22-23,25H,11-15H2,1-2H3,(H,30,38)(H,32,39)(H,33,37)(H,31,34,35)/t22-,23-,25-/m0/s1. The van der Waals surface area contributed by atoms with Crippen LogP contribution in [0.25, 0.3) is 0 Å². The normalized spacial score (nSPS) is 18.6. The van der Waals surface area contributed by atoms with Gasteiger partial charge in [-0.1, -0.05) is 62.4 Å². The summed E-state index contributed by atoms with van der Waals surface area (Å²) in [6, 6.07) is 12.7. The average Bonchev–Trinajstić information content (AvgIpc) is 3.58. The summed E-state index contributed by atoms with van der Waals surface area (Å²) in [7, 11) is 0. The van der Waals surface area contributed by atoms with E-state index in [1.54, 1.807) is 4.90 Å². The molecule has 0 radical (unpaired) electrons. The number of para-hydroxylation sites is 1. The fourth-order valence-corrected chi connectivity index (χ4v) is 5.38. The van der Waals surface area contributed by atoms with E-state index in [-0.39, 0.29) is 36.6 Å². The van der Waals surface area contributed by atoms with Crippen LogP contribution in [0.1, 0.15) is 42.7 Å². The highest BCUT2D eigenvalue weighted by molar-refractivity contribution is 6.08. The second-order valence-corrected chi connectivity index (χ2v) is 10.6. The molecular weight excluding hydrogens is 510 g/mol. The Morgan fingerprint density at radius 3 is 2.58 bits per heavy atom. The lowest BCUT2D eigenvalue weighted by Gasteiger charge is -2.29. The van der Waals surface area contributed by atoms with Crippen LogP contribution >= 0.6 is 0 Å². The average molecular weight is 544 g/mol. The zero-order valence-electron chi connectivity index (χ0n) is 22.5. The third-order valence-corrected chi connectivity index (χ3v) is 7.41. The lowest BCUT2D eigenvalue weighted by Crippen LogP contribution is -2.58. The van der Waals surface area contributed by atoms with E-state index < -0.39 is 24.0 Å². The molecule has 3 heterocycles. The predicted octanol–water partition coefficient (Wildman–Crippen LogP) is 1.19. The van der Waals surface area contributed by atoms with Gasteiger partial charge < -0.3 is 16.0 Å². The smallest absolute Gasteiger partial charge is 0.250 e. The topological polar surface area (TPSA) is 149 Å². The number of nitrogens with zero attached hydrogens (tertiary/aromatic N) is 3. The van der Waals surface area contributed by atoms with E-state index in [4.69, 9.17) is 0 Å². The van der Waals surface area contributed by atoms with Crippen LogP contribution in [-0.4, -0.2) is 57.2 Å². The molecule has 0 unspecified atom stereocenters. The van der Waals surface area contributed by atoms with Crippen molar-refractivity contribution in [3.8, 4) is 0 Å². The quantitative estimate of drug-likeness (QED) is 0.319. The molecule has 3 atom stereocenters. The zero-order chi connectivity index (χ0) is 28.2. The van der Waals surface area contributed by atoms with E-state index in [1.807, 2.05) is 62.4 Å². The molecule has 0 fully saturated rings. The van der Waals surface area contributed by atoms with Crippen LogP contribution in [0, 0.1) is 5.92 Å². The SMILES string of the molecule is CC(C)[C@H](NC(=O)Cc1ccccc1)C(=O)N[C@H]1CCc2cccc3c2N(C1=O)[C@H](C(=O)NCc1cn[nH]n1)C3. The Balaban J connectivity index is 1.31. The summed E-state index contributed by atoms with van der Waals surface area (Å²) >= 11 is 0. The van der Waals surface area contributed by atoms with E-state index in [9.17, 15) is 19.2 Å². The van der Waals surface area contributed by atoms with Gasteiger partial charge >= 0.3 is 0 Å². The summed E-state index contributed by atoms with van der Waals surface area (Å²) in [6.45, 7) is 3.87. The summed E-state index contributed by atoms with van der Waals surface area (Å²) in [5.41, 5.74) is 4.06. The van der Waals surface area contributed by atoms with Gasteiger partial charge in [0.2, 0.25) is 23.6 Å². The number of nitrogens with one attached hydrogen (secondary N) is 4. The van der Waals surface area contributed by atoms with Gasteiger partial charge in [-0.2, -0.15) is 15.4 Å². The molecule has 0 saturated carbocycles. The summed E-state index contributed by atoms with van der Waals surface area (Å²) in [5.74, 6) is -1.54. The van der Waals surface area contributed by atoms with Crippen LogP contribution in [0.15, 0.2) is 54.7 Å². The fraction of sp³-hybridized carbons (Fsp3) is 0.379. The number of hydrogen-bond acceptors (Lipinski definition) is 6. The highest BCUT2D eigenvalue weighted by atomic mass is 16.2. The van der Waals surface area contributed by atoms with E-state index in [1.165, 1.54) is 6.20 Å². The number of benzene rings is 2. The second-order valence-electron chi connectivity index (χ2n) is 10.6. The number of rotatable bonds is 9. The van der Waals surface area contributed by atoms with Crippen molar-refractivity contribution < 1.29 is 19.2 Å². The molecule has 1 aromatic heterocycles. The number of carbonyl (C=O) groups excluding carboxylic acids is 4. The molecule has 0 aliphatic carbocycles. The molecular formula is C29H33N7O4. The Morgan fingerprint density at radius 2 is 1.85 bits per heavy atom. The van der Waals surface area contributed by atoms with Crippen molar-refractivity contribution >= 4 is 29.3 Å². The van der Waals surface area contributed by atoms with E-state index in [0.717, 1.165) is 22.4 Å². The molecule has 208 valence electrons. The van der Waals surface area contributed by atoms with Crippen LogP contribution in [0.2, 0.25) is 0 Å². The number of hydrogen-bond donors (Lipinski definition) is 4. The maximum Gasteiger partial charge on any atom is 0.250 e. The molecule has 5 rings (SSSR count).